The van der Waals surface area contributed by atoms with Crippen molar-refractivity contribution < 1.29 is 4.79 Å². The number of aryl methyl sites for hydroxylation is 1. The predicted octanol–water partition coefficient (Wildman–Crippen LogP) is 3.64. The number of carbonyl (C=O) groups is 1. The highest BCUT2D eigenvalue weighted by Crippen LogP contribution is 2.28. The Morgan fingerprint density at radius 2 is 2.33 bits per heavy atom. The number of thiazole rings is 1. The molecule has 0 saturated heterocycles. The highest BCUT2D eigenvalue weighted by atomic mass is 32.1. The number of thiophene rings is 1. The zero-order valence-electron chi connectivity index (χ0n) is 12.0. The molecule has 3 rings (SSSR count). The highest BCUT2D eigenvalue weighted by Gasteiger charge is 2.32. The summed E-state index contributed by atoms with van der Waals surface area (Å²) in [5.74, 6) is 0. The van der Waals surface area contributed by atoms with Gasteiger partial charge in [-0.3, -0.25) is 0 Å². The third-order valence-corrected chi connectivity index (χ3v) is 5.16. The topological polar surface area (TPSA) is 45.2 Å². The molecule has 2 amide bonds. The Hall–Kier alpha value is -1.40. The van der Waals surface area contributed by atoms with Crippen LogP contribution in [0.15, 0.2) is 22.2 Å². The second-order valence-electron chi connectivity index (χ2n) is 5.24. The SMILES string of the molecule is CCc1csc(CNC(=O)N(Cc2ccsc2)C2CC2)n1. The van der Waals surface area contributed by atoms with Crippen molar-refractivity contribution in [3.05, 3.63) is 38.5 Å². The molecule has 4 nitrogen and oxygen atoms in total. The molecule has 2 heterocycles. The van der Waals surface area contributed by atoms with Crippen LogP contribution in [0.5, 0.6) is 0 Å². The maximum absolute atomic E-state index is 12.4. The summed E-state index contributed by atoms with van der Waals surface area (Å²) >= 11 is 3.29. The van der Waals surface area contributed by atoms with Gasteiger partial charge < -0.3 is 10.2 Å². The molecular formula is C15H19N3OS2. The van der Waals surface area contributed by atoms with E-state index in [4.69, 9.17) is 0 Å². The van der Waals surface area contributed by atoms with E-state index in [1.54, 1.807) is 22.7 Å². The molecule has 0 bridgehead atoms. The standard InChI is InChI=1S/C15H19N3OS2/c1-2-12-10-21-14(17-12)7-16-15(19)18(13-3-4-13)8-11-5-6-20-9-11/h5-6,9-10,13H,2-4,7-8H2,1H3,(H,16,19). The van der Waals surface area contributed by atoms with E-state index < -0.39 is 0 Å². The molecule has 1 aliphatic rings. The molecule has 0 atom stereocenters. The number of hydrogen-bond donors (Lipinski definition) is 1. The number of nitrogens with zero attached hydrogens (tertiary/aromatic N) is 2. The molecule has 21 heavy (non-hydrogen) atoms. The van der Waals surface area contributed by atoms with Crippen molar-refractivity contribution in [2.24, 2.45) is 0 Å². The Labute approximate surface area is 132 Å². The molecule has 1 fully saturated rings. The zero-order valence-corrected chi connectivity index (χ0v) is 13.7. The Bertz CT molecular complexity index is 590. The lowest BCUT2D eigenvalue weighted by Crippen LogP contribution is -2.40. The normalized spacial score (nSPS) is 14.1. The molecule has 1 saturated carbocycles. The lowest BCUT2D eigenvalue weighted by Gasteiger charge is -2.22. The van der Waals surface area contributed by atoms with Gasteiger partial charge in [0.25, 0.3) is 0 Å². The number of urea groups is 1. The average molecular weight is 321 g/mol. The quantitative estimate of drug-likeness (QED) is 0.883. The third kappa shape index (κ3) is 3.83. The van der Waals surface area contributed by atoms with Gasteiger partial charge in [-0.15, -0.1) is 11.3 Å². The summed E-state index contributed by atoms with van der Waals surface area (Å²) in [5, 5.41) is 10.2. The molecule has 2 aromatic heterocycles. The van der Waals surface area contributed by atoms with Crippen LogP contribution in [-0.4, -0.2) is 22.0 Å². The smallest absolute Gasteiger partial charge is 0.318 e. The van der Waals surface area contributed by atoms with Gasteiger partial charge in [-0.1, -0.05) is 6.92 Å². The Balaban J connectivity index is 1.56. The van der Waals surface area contributed by atoms with Crippen LogP contribution in [0, 0.1) is 0 Å². The number of rotatable bonds is 6. The molecule has 6 heteroatoms. The fourth-order valence-corrected chi connectivity index (χ4v) is 3.65. The molecule has 1 N–H and O–H groups in total. The van der Waals surface area contributed by atoms with Gasteiger partial charge in [-0.25, -0.2) is 9.78 Å². The number of carbonyl (C=O) groups excluding carboxylic acids is 1. The van der Waals surface area contributed by atoms with Crippen LogP contribution in [0.25, 0.3) is 0 Å². The van der Waals surface area contributed by atoms with Gasteiger partial charge in [0.15, 0.2) is 0 Å². The van der Waals surface area contributed by atoms with Crippen LogP contribution in [0.1, 0.15) is 36.0 Å². The first-order valence-electron chi connectivity index (χ1n) is 7.25. The number of hydrogen-bond acceptors (Lipinski definition) is 4. The molecule has 1 aliphatic carbocycles. The van der Waals surface area contributed by atoms with Crippen LogP contribution in [0.4, 0.5) is 4.79 Å². The van der Waals surface area contributed by atoms with E-state index in [0.29, 0.717) is 19.1 Å². The Morgan fingerprint density at radius 1 is 1.48 bits per heavy atom. The first-order chi connectivity index (χ1) is 10.3. The minimum Gasteiger partial charge on any atom is -0.331 e. The monoisotopic (exact) mass is 321 g/mol. The van der Waals surface area contributed by atoms with Crippen LogP contribution >= 0.6 is 22.7 Å². The Morgan fingerprint density at radius 3 is 2.95 bits per heavy atom. The van der Waals surface area contributed by atoms with Gasteiger partial charge in [0.2, 0.25) is 0 Å². The van der Waals surface area contributed by atoms with Crippen molar-refractivity contribution in [1.82, 2.24) is 15.2 Å². The van der Waals surface area contributed by atoms with Crippen molar-refractivity contribution >= 4 is 28.7 Å². The summed E-state index contributed by atoms with van der Waals surface area (Å²) in [4.78, 5) is 18.8. The van der Waals surface area contributed by atoms with Gasteiger partial charge >= 0.3 is 6.03 Å². The first kappa shape index (κ1) is 14.5. The van der Waals surface area contributed by atoms with Gasteiger partial charge in [0, 0.05) is 18.0 Å². The van der Waals surface area contributed by atoms with Crippen LogP contribution in [0.3, 0.4) is 0 Å². The van der Waals surface area contributed by atoms with Crippen LogP contribution in [-0.2, 0) is 19.5 Å². The van der Waals surface area contributed by atoms with E-state index in [1.807, 2.05) is 4.90 Å². The summed E-state index contributed by atoms with van der Waals surface area (Å²) < 4.78 is 0. The van der Waals surface area contributed by atoms with E-state index in [1.165, 1.54) is 5.56 Å². The summed E-state index contributed by atoms with van der Waals surface area (Å²) in [6.07, 6.45) is 3.18. The maximum Gasteiger partial charge on any atom is 0.318 e. The molecule has 112 valence electrons. The molecule has 0 spiro atoms. The summed E-state index contributed by atoms with van der Waals surface area (Å²) in [7, 11) is 0. The minimum absolute atomic E-state index is 0.0250. The fraction of sp³-hybridized carbons (Fsp3) is 0.467. The molecule has 0 aromatic carbocycles. The second kappa shape index (κ2) is 6.58. The van der Waals surface area contributed by atoms with Gasteiger partial charge in [0.1, 0.15) is 5.01 Å². The second-order valence-corrected chi connectivity index (χ2v) is 6.96. The van der Waals surface area contributed by atoms with Crippen LogP contribution < -0.4 is 5.32 Å². The van der Waals surface area contributed by atoms with Crippen molar-refractivity contribution in [1.29, 1.82) is 0 Å². The van der Waals surface area contributed by atoms with E-state index in [-0.39, 0.29) is 6.03 Å². The van der Waals surface area contributed by atoms with Crippen molar-refractivity contribution in [2.75, 3.05) is 0 Å². The van der Waals surface area contributed by atoms with Crippen molar-refractivity contribution in [3.63, 3.8) is 0 Å². The largest absolute Gasteiger partial charge is 0.331 e. The predicted molar refractivity (Wildman–Crippen MR) is 86.6 cm³/mol. The molecule has 0 aliphatic heterocycles. The van der Waals surface area contributed by atoms with E-state index in [9.17, 15) is 4.79 Å². The first-order valence-corrected chi connectivity index (χ1v) is 9.07. The molecule has 2 aromatic rings. The highest BCUT2D eigenvalue weighted by molar-refractivity contribution is 7.09. The summed E-state index contributed by atoms with van der Waals surface area (Å²) in [6.45, 7) is 3.32. The minimum atomic E-state index is 0.0250. The van der Waals surface area contributed by atoms with Crippen LogP contribution in [0.2, 0.25) is 0 Å². The van der Waals surface area contributed by atoms with E-state index in [0.717, 1.165) is 30.0 Å². The van der Waals surface area contributed by atoms with E-state index in [2.05, 4.69) is 39.4 Å². The van der Waals surface area contributed by atoms with Crippen molar-refractivity contribution in [2.45, 2.75) is 45.3 Å². The lowest BCUT2D eigenvalue weighted by molar-refractivity contribution is 0.191. The summed E-state index contributed by atoms with van der Waals surface area (Å²) in [5.41, 5.74) is 2.31. The number of amides is 2. The van der Waals surface area contributed by atoms with Crippen molar-refractivity contribution in [3.8, 4) is 0 Å². The zero-order chi connectivity index (χ0) is 14.7. The van der Waals surface area contributed by atoms with Gasteiger partial charge in [0.05, 0.1) is 12.2 Å². The lowest BCUT2D eigenvalue weighted by atomic mass is 10.3. The summed E-state index contributed by atoms with van der Waals surface area (Å²) in [6, 6.07) is 2.52. The van der Waals surface area contributed by atoms with Gasteiger partial charge in [-0.2, -0.15) is 11.3 Å². The average Bonchev–Trinajstić information content (AvgIpc) is 3.03. The Kier molecular flexibility index (Phi) is 4.55. The van der Waals surface area contributed by atoms with E-state index >= 15 is 0 Å². The fourth-order valence-electron chi connectivity index (χ4n) is 2.18. The number of aromatic nitrogens is 1. The molecular weight excluding hydrogens is 302 g/mol. The third-order valence-electron chi connectivity index (χ3n) is 3.53. The maximum atomic E-state index is 12.4. The molecule has 0 unspecified atom stereocenters. The number of nitrogens with one attached hydrogen (secondary N) is 1. The van der Waals surface area contributed by atoms with Gasteiger partial charge in [-0.05, 0) is 41.7 Å². The molecule has 0 radical (unpaired) electrons.